The Kier molecular flexibility index (Phi) is 11.4. The van der Waals surface area contributed by atoms with Crippen LogP contribution in [0.1, 0.15) is 88.9 Å². The number of ether oxygens (including phenoxy) is 4. The van der Waals surface area contributed by atoms with Crippen molar-refractivity contribution in [2.45, 2.75) is 65.3 Å². The second-order valence-corrected chi connectivity index (χ2v) is 10.7. The molecule has 222 valence electrons. The summed E-state index contributed by atoms with van der Waals surface area (Å²) in [7, 11) is 0. The molecule has 3 unspecified atom stereocenters. The number of rotatable bonds is 13. The van der Waals surface area contributed by atoms with E-state index < -0.39 is 41.7 Å². The van der Waals surface area contributed by atoms with Crippen molar-refractivity contribution in [1.82, 2.24) is 0 Å². The largest absolute Gasteiger partial charge is 0.462 e. The molecule has 8 nitrogen and oxygen atoms in total. The fourth-order valence-electron chi connectivity index (χ4n) is 4.05. The second-order valence-electron chi connectivity index (χ2n) is 10.7. The van der Waals surface area contributed by atoms with Gasteiger partial charge < -0.3 is 18.9 Å². The van der Waals surface area contributed by atoms with Gasteiger partial charge in [0.05, 0.1) is 28.9 Å². The summed E-state index contributed by atoms with van der Waals surface area (Å²) in [5, 5.41) is 0. The van der Waals surface area contributed by atoms with Crippen molar-refractivity contribution in [3.05, 3.63) is 107 Å². The standard InChI is InChI=1S/C34H38O8/c1-6-27(41-31(36)26-17-11-8-12-18-26)21-24(3)40-32(37)28-19-13-14-20-29(28)33(38)42-34(4,5)23(2)22-39-30(35)25-15-9-7-10-16-25/h7-20,23-24,27H,6,21-22H2,1-5H3. The molecule has 0 N–H and O–H groups in total. The lowest BCUT2D eigenvalue weighted by Crippen LogP contribution is -2.38. The van der Waals surface area contributed by atoms with Crippen molar-refractivity contribution in [2.24, 2.45) is 5.92 Å². The maximum atomic E-state index is 13.2. The monoisotopic (exact) mass is 574 g/mol. The van der Waals surface area contributed by atoms with E-state index >= 15 is 0 Å². The lowest BCUT2D eigenvalue weighted by atomic mass is 9.93. The molecule has 3 aromatic rings. The Morgan fingerprint density at radius 3 is 1.71 bits per heavy atom. The van der Waals surface area contributed by atoms with Crippen LogP contribution in [0.4, 0.5) is 0 Å². The van der Waals surface area contributed by atoms with Gasteiger partial charge in [-0.2, -0.15) is 0 Å². The van der Waals surface area contributed by atoms with Crippen LogP contribution in [0.5, 0.6) is 0 Å². The number of carbonyl (C=O) groups is 4. The molecule has 0 saturated heterocycles. The van der Waals surface area contributed by atoms with E-state index in [1.54, 1.807) is 81.4 Å². The third kappa shape index (κ3) is 9.03. The summed E-state index contributed by atoms with van der Waals surface area (Å²) in [6, 6.07) is 23.6. The molecular formula is C34H38O8. The van der Waals surface area contributed by atoms with E-state index in [9.17, 15) is 19.2 Å². The molecule has 3 atom stereocenters. The molecule has 0 saturated carbocycles. The lowest BCUT2D eigenvalue weighted by Gasteiger charge is -2.31. The zero-order valence-corrected chi connectivity index (χ0v) is 24.7. The number of hydrogen-bond acceptors (Lipinski definition) is 8. The average molecular weight is 575 g/mol. The van der Waals surface area contributed by atoms with E-state index in [-0.39, 0.29) is 23.7 Å². The third-order valence-corrected chi connectivity index (χ3v) is 7.02. The van der Waals surface area contributed by atoms with Gasteiger partial charge in [0.25, 0.3) is 0 Å². The highest BCUT2D eigenvalue weighted by Crippen LogP contribution is 2.25. The van der Waals surface area contributed by atoms with Crippen LogP contribution in [0, 0.1) is 5.92 Å². The SMILES string of the molecule is CCC(CC(C)OC(=O)c1ccccc1C(=O)OC(C)(C)C(C)COC(=O)c1ccccc1)OC(=O)c1ccccc1. The molecule has 3 aromatic carbocycles. The summed E-state index contributed by atoms with van der Waals surface area (Å²) in [5.41, 5.74) is -0.0307. The van der Waals surface area contributed by atoms with Gasteiger partial charge in [-0.1, -0.05) is 62.4 Å². The minimum absolute atomic E-state index is 0.0304. The van der Waals surface area contributed by atoms with E-state index in [0.717, 1.165) is 0 Å². The molecule has 0 bridgehead atoms. The molecule has 3 rings (SSSR count). The van der Waals surface area contributed by atoms with Gasteiger partial charge in [-0.15, -0.1) is 0 Å². The van der Waals surface area contributed by atoms with E-state index in [2.05, 4.69) is 0 Å². The topological polar surface area (TPSA) is 105 Å². The summed E-state index contributed by atoms with van der Waals surface area (Å²) in [4.78, 5) is 51.1. The Balaban J connectivity index is 1.59. The van der Waals surface area contributed by atoms with E-state index in [0.29, 0.717) is 24.0 Å². The summed E-state index contributed by atoms with van der Waals surface area (Å²) in [6.07, 6.45) is -0.221. The number of benzene rings is 3. The first-order chi connectivity index (χ1) is 20.0. The smallest absolute Gasteiger partial charge is 0.339 e. The fourth-order valence-corrected chi connectivity index (χ4v) is 4.05. The molecule has 8 heteroatoms. The predicted molar refractivity (Wildman–Crippen MR) is 157 cm³/mol. The zero-order valence-electron chi connectivity index (χ0n) is 24.7. The first kappa shape index (κ1) is 32.1. The Morgan fingerprint density at radius 2 is 1.17 bits per heavy atom. The van der Waals surface area contributed by atoms with Crippen LogP contribution >= 0.6 is 0 Å². The average Bonchev–Trinajstić information content (AvgIpc) is 2.99. The number of esters is 4. The molecule has 0 fully saturated rings. The molecule has 0 spiro atoms. The van der Waals surface area contributed by atoms with E-state index in [1.165, 1.54) is 12.1 Å². The maximum absolute atomic E-state index is 13.2. The van der Waals surface area contributed by atoms with Crippen LogP contribution in [-0.2, 0) is 18.9 Å². The summed E-state index contributed by atoms with van der Waals surface area (Å²) < 4.78 is 22.5. The van der Waals surface area contributed by atoms with Crippen molar-refractivity contribution in [3.8, 4) is 0 Å². The maximum Gasteiger partial charge on any atom is 0.339 e. The van der Waals surface area contributed by atoms with Gasteiger partial charge in [0.2, 0.25) is 0 Å². The Bertz CT molecular complexity index is 1350. The Hall–Kier alpha value is -4.46. The van der Waals surface area contributed by atoms with Crippen LogP contribution in [-0.4, -0.2) is 48.3 Å². The highest BCUT2D eigenvalue weighted by atomic mass is 16.6. The minimum Gasteiger partial charge on any atom is -0.462 e. The molecule has 0 radical (unpaired) electrons. The second kappa shape index (κ2) is 15.0. The number of carbonyl (C=O) groups excluding carboxylic acids is 4. The predicted octanol–water partition coefficient (Wildman–Crippen LogP) is 6.69. The van der Waals surface area contributed by atoms with Gasteiger partial charge >= 0.3 is 23.9 Å². The Labute approximate surface area is 246 Å². The molecule has 42 heavy (non-hydrogen) atoms. The third-order valence-electron chi connectivity index (χ3n) is 7.02. The van der Waals surface area contributed by atoms with Gasteiger partial charge in [-0.05, 0) is 63.6 Å². The minimum atomic E-state index is -1.02. The van der Waals surface area contributed by atoms with Crippen LogP contribution in [0.3, 0.4) is 0 Å². The molecule has 0 aliphatic heterocycles. The van der Waals surface area contributed by atoms with Gasteiger partial charge in [0.1, 0.15) is 17.8 Å². The molecule has 0 amide bonds. The van der Waals surface area contributed by atoms with E-state index in [1.807, 2.05) is 26.0 Å². The highest BCUT2D eigenvalue weighted by Gasteiger charge is 2.33. The molecular weight excluding hydrogens is 536 g/mol. The van der Waals surface area contributed by atoms with Crippen molar-refractivity contribution >= 4 is 23.9 Å². The molecule has 0 heterocycles. The summed E-state index contributed by atoms with van der Waals surface area (Å²) in [5.74, 6) is -2.66. The van der Waals surface area contributed by atoms with Crippen LogP contribution in [0.15, 0.2) is 84.9 Å². The summed E-state index contributed by atoms with van der Waals surface area (Å²) in [6.45, 7) is 8.87. The van der Waals surface area contributed by atoms with Gasteiger partial charge in [-0.3, -0.25) is 0 Å². The molecule has 0 aromatic heterocycles. The first-order valence-corrected chi connectivity index (χ1v) is 14.0. The van der Waals surface area contributed by atoms with Crippen molar-refractivity contribution in [3.63, 3.8) is 0 Å². The van der Waals surface area contributed by atoms with Crippen LogP contribution < -0.4 is 0 Å². The van der Waals surface area contributed by atoms with Gasteiger partial charge in [0.15, 0.2) is 0 Å². The van der Waals surface area contributed by atoms with Gasteiger partial charge in [0, 0.05) is 12.3 Å². The zero-order chi connectivity index (χ0) is 30.7. The van der Waals surface area contributed by atoms with Crippen LogP contribution in [0.2, 0.25) is 0 Å². The summed E-state index contributed by atoms with van der Waals surface area (Å²) >= 11 is 0. The highest BCUT2D eigenvalue weighted by molar-refractivity contribution is 6.03. The fraction of sp³-hybridized carbons (Fsp3) is 0.353. The molecule has 0 aliphatic rings. The van der Waals surface area contributed by atoms with Gasteiger partial charge in [-0.25, -0.2) is 19.2 Å². The van der Waals surface area contributed by atoms with Crippen LogP contribution in [0.25, 0.3) is 0 Å². The van der Waals surface area contributed by atoms with Crippen molar-refractivity contribution in [1.29, 1.82) is 0 Å². The van der Waals surface area contributed by atoms with Crippen molar-refractivity contribution < 1.29 is 38.1 Å². The Morgan fingerprint density at radius 1 is 0.667 bits per heavy atom. The quantitative estimate of drug-likeness (QED) is 0.164. The number of hydrogen-bond donors (Lipinski definition) is 0. The first-order valence-electron chi connectivity index (χ1n) is 14.0. The van der Waals surface area contributed by atoms with E-state index in [4.69, 9.17) is 18.9 Å². The van der Waals surface area contributed by atoms with Crippen molar-refractivity contribution in [2.75, 3.05) is 6.61 Å². The lowest BCUT2D eigenvalue weighted by molar-refractivity contribution is -0.0422. The molecule has 0 aliphatic carbocycles. The normalized spacial score (nSPS) is 13.3.